The van der Waals surface area contributed by atoms with Crippen molar-refractivity contribution in [2.24, 2.45) is 0 Å². The van der Waals surface area contributed by atoms with Crippen LogP contribution in [-0.4, -0.2) is 29.7 Å². The molecule has 2 heterocycles. The predicted molar refractivity (Wildman–Crippen MR) is 112 cm³/mol. The number of nitrogens with zero attached hydrogens (tertiary/aromatic N) is 3. The van der Waals surface area contributed by atoms with Crippen LogP contribution in [0.5, 0.6) is 5.75 Å². The van der Waals surface area contributed by atoms with Crippen molar-refractivity contribution in [2.75, 3.05) is 24.4 Å². The Kier molecular flexibility index (Phi) is 5.91. The number of ether oxygens (including phenoxy) is 1. The van der Waals surface area contributed by atoms with Crippen LogP contribution in [0.25, 0.3) is 0 Å². The van der Waals surface area contributed by atoms with E-state index in [1.54, 1.807) is 24.3 Å². The molecular weight excluding hydrogens is 398 g/mol. The van der Waals surface area contributed by atoms with Crippen molar-refractivity contribution in [3.8, 4) is 11.8 Å². The molecule has 0 spiro atoms. The molecule has 156 valence electrons. The number of esters is 1. The lowest BCUT2D eigenvalue weighted by Crippen LogP contribution is -2.12. The molecule has 0 saturated heterocycles. The Balaban J connectivity index is 1.53. The van der Waals surface area contributed by atoms with Crippen LogP contribution in [0.4, 0.5) is 17.5 Å². The Morgan fingerprint density at radius 3 is 3.00 bits per heavy atom. The maximum absolute atomic E-state index is 12.0. The zero-order valence-corrected chi connectivity index (χ0v) is 16.7. The fourth-order valence-corrected chi connectivity index (χ4v) is 3.12. The van der Waals surface area contributed by atoms with Gasteiger partial charge in [-0.1, -0.05) is 24.3 Å². The van der Waals surface area contributed by atoms with Gasteiger partial charge in [0.25, 0.3) is 0 Å². The highest BCUT2D eigenvalue weighted by Crippen LogP contribution is 2.28. The third-order valence-corrected chi connectivity index (χ3v) is 4.70. The third kappa shape index (κ3) is 4.55. The topological polar surface area (TPSA) is 118 Å². The number of nitrogens with one attached hydrogen (secondary N) is 2. The van der Waals surface area contributed by atoms with Gasteiger partial charge in [-0.05, 0) is 17.7 Å². The van der Waals surface area contributed by atoms with E-state index in [0.29, 0.717) is 29.7 Å². The first-order chi connectivity index (χ1) is 15.2. The Morgan fingerprint density at radius 1 is 1.29 bits per heavy atom. The molecule has 1 aromatic heterocycles. The van der Waals surface area contributed by atoms with Crippen LogP contribution in [0, 0.1) is 11.3 Å². The van der Waals surface area contributed by atoms with Crippen LogP contribution >= 0.6 is 0 Å². The van der Waals surface area contributed by atoms with Crippen molar-refractivity contribution < 1.29 is 19.3 Å². The van der Waals surface area contributed by atoms with E-state index in [1.165, 1.54) is 13.3 Å². The average Bonchev–Trinajstić information content (AvgIpc) is 2.82. The van der Waals surface area contributed by atoms with Crippen molar-refractivity contribution in [1.29, 1.82) is 5.26 Å². The molecule has 9 heteroatoms. The molecule has 2 N–H and O–H groups in total. The highest BCUT2D eigenvalue weighted by atomic mass is 17.2. The Labute approximate surface area is 178 Å². The van der Waals surface area contributed by atoms with Crippen molar-refractivity contribution in [1.82, 2.24) is 9.97 Å². The van der Waals surface area contributed by atoms with Gasteiger partial charge >= 0.3 is 5.97 Å². The Morgan fingerprint density at radius 2 is 2.16 bits per heavy atom. The first kappa shape index (κ1) is 20.1. The standard InChI is InChI=1S/C22H19N5O4/c1-29-21(28)18-5-3-2-4-15(18)12-24-20-16(11-23)13-25-22(27-20)26-17-7-6-14-8-9-30-31-19(14)10-17/h2-7,10,13H,8-9,12H2,1H3,(H2,24,25,26,27). The SMILES string of the molecule is COC(=O)c1ccccc1CNc1nc(Nc2ccc3c(c2)OOCC3)ncc1C#N. The van der Waals surface area contributed by atoms with Gasteiger partial charge in [0, 0.05) is 30.3 Å². The van der Waals surface area contributed by atoms with E-state index >= 15 is 0 Å². The average molecular weight is 417 g/mol. The van der Waals surface area contributed by atoms with Crippen LogP contribution in [0.3, 0.4) is 0 Å². The monoisotopic (exact) mass is 417 g/mol. The van der Waals surface area contributed by atoms with Gasteiger partial charge in [-0.3, -0.25) is 0 Å². The number of methoxy groups -OCH3 is 1. The highest BCUT2D eigenvalue weighted by Gasteiger charge is 2.14. The molecule has 4 rings (SSSR count). The number of fused-ring (bicyclic) bond motifs is 1. The fourth-order valence-electron chi connectivity index (χ4n) is 3.12. The van der Waals surface area contributed by atoms with Gasteiger partial charge in [-0.2, -0.15) is 15.1 Å². The van der Waals surface area contributed by atoms with Gasteiger partial charge in [0.05, 0.1) is 25.5 Å². The first-order valence-corrected chi connectivity index (χ1v) is 9.54. The lowest BCUT2D eigenvalue weighted by molar-refractivity contribution is -0.215. The van der Waals surface area contributed by atoms with E-state index in [1.807, 2.05) is 18.2 Å². The number of carbonyl (C=O) groups is 1. The van der Waals surface area contributed by atoms with Gasteiger partial charge in [0.2, 0.25) is 5.95 Å². The molecule has 0 saturated carbocycles. The van der Waals surface area contributed by atoms with E-state index in [2.05, 4.69) is 26.7 Å². The number of hydrogen-bond acceptors (Lipinski definition) is 9. The molecule has 1 aliphatic rings. The van der Waals surface area contributed by atoms with Crippen molar-refractivity contribution in [3.05, 3.63) is 70.9 Å². The summed E-state index contributed by atoms with van der Waals surface area (Å²) in [5.74, 6) is 0.862. The summed E-state index contributed by atoms with van der Waals surface area (Å²) in [7, 11) is 1.33. The van der Waals surface area contributed by atoms with Crippen molar-refractivity contribution in [2.45, 2.75) is 13.0 Å². The summed E-state index contributed by atoms with van der Waals surface area (Å²) in [6, 6.07) is 14.8. The normalized spacial score (nSPS) is 12.1. The number of carbonyl (C=O) groups excluding carboxylic acids is 1. The third-order valence-electron chi connectivity index (χ3n) is 4.70. The Bertz CT molecular complexity index is 1160. The van der Waals surface area contributed by atoms with Crippen molar-refractivity contribution >= 4 is 23.4 Å². The number of hydrogen-bond donors (Lipinski definition) is 2. The number of nitriles is 1. The lowest BCUT2D eigenvalue weighted by atomic mass is 10.1. The maximum Gasteiger partial charge on any atom is 0.338 e. The molecule has 0 fully saturated rings. The summed E-state index contributed by atoms with van der Waals surface area (Å²) in [6.45, 7) is 0.799. The number of benzene rings is 2. The van der Waals surface area contributed by atoms with Gasteiger partial charge in [-0.25, -0.2) is 9.78 Å². The van der Waals surface area contributed by atoms with Crippen LogP contribution in [0.15, 0.2) is 48.7 Å². The smallest absolute Gasteiger partial charge is 0.338 e. The van der Waals surface area contributed by atoms with E-state index in [9.17, 15) is 10.1 Å². The molecule has 0 radical (unpaired) electrons. The van der Waals surface area contributed by atoms with E-state index in [0.717, 1.165) is 23.2 Å². The summed E-state index contributed by atoms with van der Waals surface area (Å²) < 4.78 is 4.83. The summed E-state index contributed by atoms with van der Waals surface area (Å²) >= 11 is 0. The molecule has 0 unspecified atom stereocenters. The molecular formula is C22H19N5O4. The maximum atomic E-state index is 12.0. The Hall–Kier alpha value is -4.16. The highest BCUT2D eigenvalue weighted by molar-refractivity contribution is 5.91. The predicted octanol–water partition coefficient (Wildman–Crippen LogP) is 3.36. The molecule has 31 heavy (non-hydrogen) atoms. The van der Waals surface area contributed by atoms with Gasteiger partial charge in [-0.15, -0.1) is 0 Å². The van der Waals surface area contributed by atoms with E-state index in [-0.39, 0.29) is 12.1 Å². The molecule has 0 amide bonds. The summed E-state index contributed by atoms with van der Waals surface area (Å²) in [4.78, 5) is 30.8. The molecule has 2 aromatic carbocycles. The van der Waals surface area contributed by atoms with Crippen LogP contribution in [0.1, 0.15) is 27.0 Å². The van der Waals surface area contributed by atoms with Crippen LogP contribution in [0.2, 0.25) is 0 Å². The quantitative estimate of drug-likeness (QED) is 0.460. The van der Waals surface area contributed by atoms with E-state index in [4.69, 9.17) is 14.5 Å². The summed E-state index contributed by atoms with van der Waals surface area (Å²) in [6.07, 6.45) is 2.21. The summed E-state index contributed by atoms with van der Waals surface area (Å²) in [5.41, 5.74) is 3.22. The molecule has 1 aliphatic heterocycles. The zero-order valence-electron chi connectivity index (χ0n) is 16.7. The minimum atomic E-state index is -0.429. The van der Waals surface area contributed by atoms with Gasteiger partial charge in [0.1, 0.15) is 17.5 Å². The van der Waals surface area contributed by atoms with Crippen LogP contribution in [-0.2, 0) is 22.6 Å². The molecule has 3 aromatic rings. The molecule has 0 atom stereocenters. The molecule has 9 nitrogen and oxygen atoms in total. The largest absolute Gasteiger partial charge is 0.465 e. The van der Waals surface area contributed by atoms with Gasteiger partial charge in [0.15, 0.2) is 5.75 Å². The van der Waals surface area contributed by atoms with E-state index < -0.39 is 5.97 Å². The van der Waals surface area contributed by atoms with Crippen LogP contribution < -0.4 is 15.5 Å². The zero-order chi connectivity index (χ0) is 21.6. The minimum absolute atomic E-state index is 0.278. The minimum Gasteiger partial charge on any atom is -0.465 e. The first-order valence-electron chi connectivity index (χ1n) is 9.54. The lowest BCUT2D eigenvalue weighted by Gasteiger charge is -2.16. The summed E-state index contributed by atoms with van der Waals surface area (Å²) in [5, 5.41) is 15.6. The number of anilines is 3. The molecule has 0 bridgehead atoms. The second-order valence-corrected chi connectivity index (χ2v) is 6.67. The molecule has 0 aliphatic carbocycles. The van der Waals surface area contributed by atoms with Gasteiger partial charge < -0.3 is 20.3 Å². The van der Waals surface area contributed by atoms with Crippen molar-refractivity contribution in [3.63, 3.8) is 0 Å². The number of rotatable bonds is 6. The fraction of sp³-hybridized carbons (Fsp3) is 0.182. The second-order valence-electron chi connectivity index (χ2n) is 6.67. The number of aromatic nitrogens is 2. The second kappa shape index (κ2) is 9.11.